The van der Waals surface area contributed by atoms with Gasteiger partial charge < -0.3 is 19.2 Å². The molecule has 0 radical (unpaired) electrons. The van der Waals surface area contributed by atoms with E-state index in [0.717, 1.165) is 35.3 Å². The zero-order valence-electron chi connectivity index (χ0n) is 15.3. The van der Waals surface area contributed by atoms with Crippen LogP contribution in [0.1, 0.15) is 43.3 Å². The number of carbonyl (C=O) groups is 2. The van der Waals surface area contributed by atoms with Crippen LogP contribution in [0.5, 0.6) is 5.75 Å². The van der Waals surface area contributed by atoms with Gasteiger partial charge in [0.05, 0.1) is 18.9 Å². The standard InChI is InChI=1S/C21H19NO5S/c1-25-14-6-2-5-13(11-14)12-27-21(24)18-15-7-3-9-17(15)28-20(18)22-19(23)16-8-4-10-26-16/h2,4-6,8,10-11H,3,7,9,12H2,1H3,(H,22,23). The van der Waals surface area contributed by atoms with Crippen LogP contribution in [0.4, 0.5) is 5.00 Å². The maximum absolute atomic E-state index is 12.9. The van der Waals surface area contributed by atoms with Crippen LogP contribution in [-0.4, -0.2) is 19.0 Å². The molecule has 1 amide bonds. The number of benzene rings is 1. The van der Waals surface area contributed by atoms with Crippen LogP contribution in [-0.2, 0) is 24.2 Å². The predicted molar refractivity (Wildman–Crippen MR) is 105 cm³/mol. The van der Waals surface area contributed by atoms with E-state index in [0.29, 0.717) is 16.3 Å². The average Bonchev–Trinajstić information content (AvgIpc) is 3.43. The predicted octanol–water partition coefficient (Wildman–Crippen LogP) is 4.45. The Balaban J connectivity index is 1.54. The lowest BCUT2D eigenvalue weighted by Crippen LogP contribution is -2.14. The van der Waals surface area contributed by atoms with Gasteiger partial charge in [0.25, 0.3) is 5.91 Å². The summed E-state index contributed by atoms with van der Waals surface area (Å²) in [6.07, 6.45) is 4.16. The fourth-order valence-electron chi connectivity index (χ4n) is 3.26. The van der Waals surface area contributed by atoms with Crippen LogP contribution in [0.2, 0.25) is 0 Å². The first-order valence-corrected chi connectivity index (χ1v) is 9.77. The fourth-order valence-corrected chi connectivity index (χ4v) is 4.54. The summed E-state index contributed by atoms with van der Waals surface area (Å²) in [4.78, 5) is 26.4. The number of furan rings is 1. The number of fused-ring (bicyclic) bond motifs is 1. The van der Waals surface area contributed by atoms with Gasteiger partial charge in [-0.25, -0.2) is 4.79 Å². The van der Waals surface area contributed by atoms with E-state index in [1.807, 2.05) is 24.3 Å². The molecular weight excluding hydrogens is 378 g/mol. The van der Waals surface area contributed by atoms with Crippen molar-refractivity contribution in [2.75, 3.05) is 12.4 Å². The monoisotopic (exact) mass is 397 g/mol. The van der Waals surface area contributed by atoms with Crippen LogP contribution in [0.15, 0.2) is 47.1 Å². The minimum absolute atomic E-state index is 0.131. The Bertz CT molecular complexity index is 1010. The van der Waals surface area contributed by atoms with E-state index < -0.39 is 5.97 Å². The highest BCUT2D eigenvalue weighted by Gasteiger charge is 2.29. The summed E-state index contributed by atoms with van der Waals surface area (Å²) >= 11 is 1.44. The number of carbonyl (C=O) groups excluding carboxylic acids is 2. The van der Waals surface area contributed by atoms with E-state index in [1.54, 1.807) is 19.2 Å². The van der Waals surface area contributed by atoms with Crippen molar-refractivity contribution in [3.63, 3.8) is 0 Å². The number of amides is 1. The Morgan fingerprint density at radius 2 is 2.11 bits per heavy atom. The minimum Gasteiger partial charge on any atom is -0.497 e. The van der Waals surface area contributed by atoms with E-state index in [-0.39, 0.29) is 18.3 Å². The number of hydrogen-bond acceptors (Lipinski definition) is 6. The van der Waals surface area contributed by atoms with Crippen LogP contribution < -0.4 is 10.1 Å². The smallest absolute Gasteiger partial charge is 0.341 e. The Morgan fingerprint density at radius 1 is 1.21 bits per heavy atom. The largest absolute Gasteiger partial charge is 0.497 e. The first-order chi connectivity index (χ1) is 13.7. The molecule has 7 heteroatoms. The molecule has 28 heavy (non-hydrogen) atoms. The van der Waals surface area contributed by atoms with Gasteiger partial charge in [-0.2, -0.15) is 0 Å². The molecule has 0 saturated heterocycles. The summed E-state index contributed by atoms with van der Waals surface area (Å²) in [6, 6.07) is 10.6. The van der Waals surface area contributed by atoms with E-state index in [2.05, 4.69) is 5.32 Å². The number of thiophene rings is 1. The molecule has 144 valence electrons. The third-order valence-electron chi connectivity index (χ3n) is 4.60. The van der Waals surface area contributed by atoms with Gasteiger partial charge >= 0.3 is 5.97 Å². The Kier molecular flexibility index (Phi) is 5.16. The molecular formula is C21H19NO5S. The van der Waals surface area contributed by atoms with Gasteiger partial charge in [0.1, 0.15) is 17.4 Å². The van der Waals surface area contributed by atoms with E-state index in [1.165, 1.54) is 17.6 Å². The summed E-state index contributed by atoms with van der Waals surface area (Å²) in [5.74, 6) is 0.0874. The second kappa shape index (κ2) is 7.90. The first kappa shape index (κ1) is 18.3. The summed E-state index contributed by atoms with van der Waals surface area (Å²) in [5.41, 5.74) is 2.27. The Labute approximate surface area is 166 Å². The van der Waals surface area contributed by atoms with Crippen molar-refractivity contribution in [2.45, 2.75) is 25.9 Å². The summed E-state index contributed by atoms with van der Waals surface area (Å²) in [5, 5.41) is 3.32. The van der Waals surface area contributed by atoms with Crippen molar-refractivity contribution < 1.29 is 23.5 Å². The van der Waals surface area contributed by atoms with Gasteiger partial charge in [0.2, 0.25) is 0 Å². The van der Waals surface area contributed by atoms with Crippen molar-refractivity contribution in [3.05, 3.63) is 70.0 Å². The molecule has 1 N–H and O–H groups in total. The number of ether oxygens (including phenoxy) is 2. The third-order valence-corrected chi connectivity index (χ3v) is 5.81. The molecule has 0 fully saturated rings. The average molecular weight is 397 g/mol. The Hall–Kier alpha value is -3.06. The molecule has 2 aromatic heterocycles. The number of anilines is 1. The van der Waals surface area contributed by atoms with E-state index >= 15 is 0 Å². The van der Waals surface area contributed by atoms with Crippen LogP contribution >= 0.6 is 11.3 Å². The molecule has 0 aliphatic heterocycles. The highest BCUT2D eigenvalue weighted by molar-refractivity contribution is 7.17. The summed E-state index contributed by atoms with van der Waals surface area (Å²) in [6.45, 7) is 0.131. The number of rotatable bonds is 6. The van der Waals surface area contributed by atoms with E-state index in [9.17, 15) is 9.59 Å². The summed E-state index contributed by atoms with van der Waals surface area (Å²) < 4.78 is 15.9. The molecule has 0 bridgehead atoms. The SMILES string of the molecule is COc1cccc(COC(=O)c2c(NC(=O)c3ccco3)sc3c2CCC3)c1. The maximum Gasteiger partial charge on any atom is 0.341 e. The zero-order valence-corrected chi connectivity index (χ0v) is 16.1. The third kappa shape index (κ3) is 3.66. The van der Waals surface area contributed by atoms with Crippen molar-refractivity contribution in [1.29, 1.82) is 0 Å². The number of nitrogens with one attached hydrogen (secondary N) is 1. The van der Waals surface area contributed by atoms with Gasteiger partial charge in [-0.1, -0.05) is 12.1 Å². The lowest BCUT2D eigenvalue weighted by molar-refractivity contribution is 0.0473. The number of methoxy groups -OCH3 is 1. The van der Waals surface area contributed by atoms with Gasteiger partial charge in [-0.3, -0.25) is 4.79 Å². The first-order valence-electron chi connectivity index (χ1n) is 8.95. The quantitative estimate of drug-likeness (QED) is 0.622. The van der Waals surface area contributed by atoms with Gasteiger partial charge in [0.15, 0.2) is 5.76 Å². The second-order valence-electron chi connectivity index (χ2n) is 6.42. The highest BCUT2D eigenvalue weighted by Crippen LogP contribution is 2.39. The summed E-state index contributed by atoms with van der Waals surface area (Å²) in [7, 11) is 1.59. The molecule has 0 saturated carbocycles. The van der Waals surface area contributed by atoms with Crippen LogP contribution in [0.3, 0.4) is 0 Å². The molecule has 2 heterocycles. The highest BCUT2D eigenvalue weighted by atomic mass is 32.1. The minimum atomic E-state index is -0.433. The molecule has 0 spiro atoms. The molecule has 0 atom stereocenters. The number of hydrogen-bond donors (Lipinski definition) is 1. The maximum atomic E-state index is 12.9. The molecule has 4 rings (SSSR count). The zero-order chi connectivity index (χ0) is 19.5. The van der Waals surface area contributed by atoms with Crippen molar-refractivity contribution >= 4 is 28.2 Å². The molecule has 1 aliphatic rings. The Morgan fingerprint density at radius 3 is 2.89 bits per heavy atom. The van der Waals surface area contributed by atoms with E-state index in [4.69, 9.17) is 13.9 Å². The van der Waals surface area contributed by atoms with Gasteiger partial charge in [-0.15, -0.1) is 11.3 Å². The normalized spacial score (nSPS) is 12.5. The lowest BCUT2D eigenvalue weighted by Gasteiger charge is -2.09. The van der Waals surface area contributed by atoms with Crippen molar-refractivity contribution in [3.8, 4) is 5.75 Å². The fraction of sp³-hybridized carbons (Fsp3) is 0.238. The van der Waals surface area contributed by atoms with Gasteiger partial charge in [-0.05, 0) is 54.7 Å². The lowest BCUT2D eigenvalue weighted by atomic mass is 10.1. The van der Waals surface area contributed by atoms with Crippen molar-refractivity contribution in [1.82, 2.24) is 0 Å². The van der Waals surface area contributed by atoms with Crippen LogP contribution in [0.25, 0.3) is 0 Å². The molecule has 1 aliphatic carbocycles. The molecule has 1 aromatic carbocycles. The number of aryl methyl sites for hydroxylation is 1. The topological polar surface area (TPSA) is 77.8 Å². The van der Waals surface area contributed by atoms with Gasteiger partial charge in [0, 0.05) is 4.88 Å². The molecule has 3 aromatic rings. The molecule has 6 nitrogen and oxygen atoms in total. The van der Waals surface area contributed by atoms with Crippen molar-refractivity contribution in [2.24, 2.45) is 0 Å². The number of esters is 1. The van der Waals surface area contributed by atoms with Crippen LogP contribution in [0, 0.1) is 0 Å². The molecule has 0 unspecified atom stereocenters. The second-order valence-corrected chi connectivity index (χ2v) is 7.53.